The van der Waals surface area contributed by atoms with E-state index in [4.69, 9.17) is 9.47 Å². The van der Waals surface area contributed by atoms with Gasteiger partial charge < -0.3 is 9.47 Å². The second-order valence-corrected chi connectivity index (χ2v) is 6.56. The molecule has 0 N–H and O–H groups in total. The molecule has 25 heavy (non-hydrogen) atoms. The molecule has 2 aliphatic heterocycles. The summed E-state index contributed by atoms with van der Waals surface area (Å²) in [6.07, 6.45) is 15.1. The molecule has 3 aliphatic rings. The topological polar surface area (TPSA) is 21.7 Å². The Morgan fingerprint density at radius 3 is 2.36 bits per heavy atom. The molecular formula is C22H23NO2. The molecule has 0 amide bonds. The van der Waals surface area contributed by atoms with Crippen LogP contribution in [0.4, 0.5) is 0 Å². The average Bonchev–Trinajstić information content (AvgIpc) is 2.70. The lowest BCUT2D eigenvalue weighted by Crippen LogP contribution is -2.28. The van der Waals surface area contributed by atoms with Gasteiger partial charge in [0.2, 0.25) is 0 Å². The Morgan fingerprint density at radius 2 is 1.72 bits per heavy atom. The molecule has 128 valence electrons. The fourth-order valence-electron chi connectivity index (χ4n) is 3.32. The van der Waals surface area contributed by atoms with E-state index in [0.717, 1.165) is 50.4 Å². The number of allylic oxidation sites excluding steroid dienone is 5. The third-order valence-electron chi connectivity index (χ3n) is 4.77. The monoisotopic (exact) mass is 333 g/mol. The number of ether oxygens (including phenoxy) is 2. The van der Waals surface area contributed by atoms with Crippen LogP contribution in [-0.4, -0.2) is 18.0 Å². The van der Waals surface area contributed by atoms with Crippen molar-refractivity contribution in [2.24, 2.45) is 0 Å². The molecule has 3 nitrogen and oxygen atoms in total. The first-order valence-electron chi connectivity index (χ1n) is 8.94. The van der Waals surface area contributed by atoms with E-state index in [1.165, 1.54) is 16.7 Å². The summed E-state index contributed by atoms with van der Waals surface area (Å²) < 4.78 is 11.7. The fourth-order valence-corrected chi connectivity index (χ4v) is 3.32. The van der Waals surface area contributed by atoms with E-state index in [1.807, 2.05) is 0 Å². The van der Waals surface area contributed by atoms with E-state index in [1.54, 1.807) is 12.5 Å². The lowest BCUT2D eigenvalue weighted by atomic mass is 10.0. The van der Waals surface area contributed by atoms with Crippen LogP contribution in [0.3, 0.4) is 0 Å². The van der Waals surface area contributed by atoms with E-state index in [2.05, 4.69) is 59.5 Å². The Labute approximate surface area is 149 Å². The number of benzene rings is 1. The van der Waals surface area contributed by atoms with Crippen LogP contribution < -0.4 is 0 Å². The van der Waals surface area contributed by atoms with Crippen LogP contribution in [0.1, 0.15) is 24.8 Å². The zero-order valence-corrected chi connectivity index (χ0v) is 14.4. The summed E-state index contributed by atoms with van der Waals surface area (Å²) in [5.41, 5.74) is 3.79. The highest BCUT2D eigenvalue weighted by Gasteiger charge is 2.19. The smallest absolute Gasteiger partial charge is 0.164 e. The summed E-state index contributed by atoms with van der Waals surface area (Å²) in [5, 5.41) is 0. The van der Waals surface area contributed by atoms with Crippen LogP contribution in [0, 0.1) is 0 Å². The van der Waals surface area contributed by atoms with Crippen molar-refractivity contribution in [3.8, 4) is 0 Å². The van der Waals surface area contributed by atoms with Crippen LogP contribution >= 0.6 is 0 Å². The normalized spacial score (nSPS) is 20.6. The summed E-state index contributed by atoms with van der Waals surface area (Å²) >= 11 is 0. The van der Waals surface area contributed by atoms with Crippen LogP contribution in [0.25, 0.3) is 0 Å². The molecule has 1 aromatic carbocycles. The van der Waals surface area contributed by atoms with Gasteiger partial charge in [0.1, 0.15) is 12.5 Å². The molecule has 0 aromatic heterocycles. The van der Waals surface area contributed by atoms with Crippen molar-refractivity contribution < 1.29 is 9.47 Å². The fraction of sp³-hybridized carbons (Fsp3) is 0.273. The summed E-state index contributed by atoms with van der Waals surface area (Å²) in [6, 6.07) is 10.6. The van der Waals surface area contributed by atoms with Gasteiger partial charge in [-0.1, -0.05) is 54.6 Å². The van der Waals surface area contributed by atoms with E-state index < -0.39 is 0 Å². The SMILES string of the molecule is C1=CCCC(C2=COC(C3=CCN(Cc4ccccc4)CC3)=CO2)=C1. The summed E-state index contributed by atoms with van der Waals surface area (Å²) in [4.78, 5) is 2.45. The quantitative estimate of drug-likeness (QED) is 0.788. The molecule has 2 heterocycles. The van der Waals surface area contributed by atoms with Crippen molar-refractivity contribution in [3.05, 3.63) is 95.4 Å². The van der Waals surface area contributed by atoms with E-state index in [-0.39, 0.29) is 0 Å². The maximum Gasteiger partial charge on any atom is 0.164 e. The maximum absolute atomic E-state index is 5.86. The number of rotatable bonds is 4. The largest absolute Gasteiger partial charge is 0.458 e. The Bertz CT molecular complexity index is 768. The maximum atomic E-state index is 5.86. The Kier molecular flexibility index (Phi) is 4.84. The zero-order chi connectivity index (χ0) is 16.9. The molecule has 0 bridgehead atoms. The third kappa shape index (κ3) is 3.94. The number of hydrogen-bond donors (Lipinski definition) is 0. The highest BCUT2D eigenvalue weighted by Crippen LogP contribution is 2.29. The average molecular weight is 333 g/mol. The summed E-state index contributed by atoms with van der Waals surface area (Å²) in [7, 11) is 0. The minimum atomic E-state index is 0.829. The van der Waals surface area contributed by atoms with Gasteiger partial charge in [-0.2, -0.15) is 0 Å². The predicted octanol–water partition coefficient (Wildman–Crippen LogP) is 4.82. The summed E-state index contributed by atoms with van der Waals surface area (Å²) in [6.45, 7) is 2.97. The van der Waals surface area contributed by atoms with Gasteiger partial charge in [-0.3, -0.25) is 4.90 Å². The van der Waals surface area contributed by atoms with Gasteiger partial charge >= 0.3 is 0 Å². The Hall–Kier alpha value is -2.52. The van der Waals surface area contributed by atoms with Gasteiger partial charge in [0.05, 0.1) is 0 Å². The molecule has 0 radical (unpaired) electrons. The molecule has 0 unspecified atom stereocenters. The van der Waals surface area contributed by atoms with E-state index in [0.29, 0.717) is 0 Å². The van der Waals surface area contributed by atoms with Crippen LogP contribution in [0.15, 0.2) is 89.8 Å². The zero-order valence-electron chi connectivity index (χ0n) is 14.4. The van der Waals surface area contributed by atoms with E-state index >= 15 is 0 Å². The van der Waals surface area contributed by atoms with E-state index in [9.17, 15) is 0 Å². The predicted molar refractivity (Wildman–Crippen MR) is 99.2 cm³/mol. The molecule has 3 heteroatoms. The van der Waals surface area contributed by atoms with Crippen molar-refractivity contribution in [1.29, 1.82) is 0 Å². The van der Waals surface area contributed by atoms with Crippen molar-refractivity contribution in [2.75, 3.05) is 13.1 Å². The molecule has 0 fully saturated rings. The molecule has 0 atom stereocenters. The standard InChI is InChI=1S/C22H23NO2/c1-3-7-18(8-4-1)15-23-13-11-20(12-14-23)22-17-24-21(16-25-22)19-9-5-2-6-10-19/h1-5,7-9,11,16-17H,6,10,12-15H2. The number of hydrogen-bond acceptors (Lipinski definition) is 3. The van der Waals surface area contributed by atoms with Crippen molar-refractivity contribution in [1.82, 2.24) is 4.90 Å². The van der Waals surface area contributed by atoms with Crippen LogP contribution in [0.5, 0.6) is 0 Å². The van der Waals surface area contributed by atoms with Crippen LogP contribution in [-0.2, 0) is 16.0 Å². The molecular weight excluding hydrogens is 310 g/mol. The highest BCUT2D eigenvalue weighted by molar-refractivity contribution is 5.36. The van der Waals surface area contributed by atoms with Gasteiger partial charge in [0.25, 0.3) is 0 Å². The minimum absolute atomic E-state index is 0.829. The molecule has 0 saturated carbocycles. The molecule has 0 spiro atoms. The van der Waals surface area contributed by atoms with Crippen LogP contribution in [0.2, 0.25) is 0 Å². The Balaban J connectivity index is 1.34. The first-order valence-corrected chi connectivity index (χ1v) is 8.94. The van der Waals surface area contributed by atoms with Crippen molar-refractivity contribution >= 4 is 0 Å². The second kappa shape index (κ2) is 7.58. The van der Waals surface area contributed by atoms with Gasteiger partial charge in [0, 0.05) is 19.6 Å². The molecule has 0 saturated heterocycles. The third-order valence-corrected chi connectivity index (χ3v) is 4.77. The van der Waals surface area contributed by atoms with Crippen molar-refractivity contribution in [3.63, 3.8) is 0 Å². The molecule has 1 aliphatic carbocycles. The first-order chi connectivity index (χ1) is 12.4. The lowest BCUT2D eigenvalue weighted by molar-refractivity contribution is 0.230. The van der Waals surface area contributed by atoms with Gasteiger partial charge in [-0.05, 0) is 36.0 Å². The minimum Gasteiger partial charge on any atom is -0.458 e. The molecule has 4 rings (SSSR count). The first kappa shape index (κ1) is 16.0. The number of nitrogens with zero attached hydrogens (tertiary/aromatic N) is 1. The van der Waals surface area contributed by atoms with Gasteiger partial charge in [0.15, 0.2) is 11.5 Å². The van der Waals surface area contributed by atoms with Gasteiger partial charge in [-0.15, -0.1) is 0 Å². The van der Waals surface area contributed by atoms with Crippen molar-refractivity contribution in [2.45, 2.75) is 25.8 Å². The molecule has 1 aromatic rings. The second-order valence-electron chi connectivity index (χ2n) is 6.56. The Morgan fingerprint density at radius 1 is 0.920 bits per heavy atom. The highest BCUT2D eigenvalue weighted by atomic mass is 16.5. The van der Waals surface area contributed by atoms with Gasteiger partial charge in [-0.25, -0.2) is 0 Å². The summed E-state index contributed by atoms with van der Waals surface area (Å²) in [5.74, 6) is 1.67. The lowest BCUT2D eigenvalue weighted by Gasteiger charge is -2.27.